The van der Waals surface area contributed by atoms with Gasteiger partial charge in [0.25, 0.3) is 5.69 Å². The van der Waals surface area contributed by atoms with Crippen molar-refractivity contribution in [1.29, 1.82) is 0 Å². The lowest BCUT2D eigenvalue weighted by Crippen LogP contribution is -2.09. The van der Waals surface area contributed by atoms with Crippen molar-refractivity contribution in [3.05, 3.63) is 105 Å². The third kappa shape index (κ3) is 4.96. The maximum atomic E-state index is 12.4. The maximum absolute atomic E-state index is 12.4. The molecule has 0 unspecified atom stereocenters. The van der Waals surface area contributed by atoms with Crippen LogP contribution in [0.25, 0.3) is 6.08 Å². The molecule has 1 aliphatic rings. The molecular weight excluding hydrogens is 448 g/mol. The smallest absolute Gasteiger partial charge is 0.363 e. The Morgan fingerprint density at radius 2 is 1.61 bits per heavy atom. The lowest BCUT2D eigenvalue weighted by Gasteiger charge is -2.07. The fourth-order valence-electron chi connectivity index (χ4n) is 2.92. The Bertz CT molecular complexity index is 1390. The maximum Gasteiger partial charge on any atom is 0.363 e. The quantitative estimate of drug-likeness (QED) is 0.177. The number of nitro groups is 1. The van der Waals surface area contributed by atoms with Crippen LogP contribution in [0.4, 0.5) is 5.69 Å². The van der Waals surface area contributed by atoms with Gasteiger partial charge >= 0.3 is 16.1 Å². The Hall–Kier alpha value is -4.31. The van der Waals surface area contributed by atoms with Crippen LogP contribution in [-0.4, -0.2) is 25.2 Å². The van der Waals surface area contributed by atoms with Gasteiger partial charge in [0.15, 0.2) is 5.70 Å². The van der Waals surface area contributed by atoms with E-state index in [0.717, 1.165) is 29.8 Å². The Kier molecular flexibility index (Phi) is 5.76. The average Bonchev–Trinajstić information content (AvgIpc) is 3.15. The predicted octanol–water partition coefficient (Wildman–Crippen LogP) is 4.02. The van der Waals surface area contributed by atoms with Crippen LogP contribution in [0.1, 0.15) is 16.7 Å². The van der Waals surface area contributed by atoms with E-state index in [9.17, 15) is 23.3 Å². The van der Waals surface area contributed by atoms with Crippen molar-refractivity contribution in [3.63, 3.8) is 0 Å². The summed E-state index contributed by atoms with van der Waals surface area (Å²) >= 11 is 0. The predicted molar refractivity (Wildman–Crippen MR) is 119 cm³/mol. The minimum absolute atomic E-state index is 0.0355. The summed E-state index contributed by atoms with van der Waals surface area (Å²) in [6, 6.07) is 17.7. The van der Waals surface area contributed by atoms with Crippen LogP contribution in [0.3, 0.4) is 0 Å². The first-order chi connectivity index (χ1) is 15.7. The minimum atomic E-state index is -4.17. The number of esters is 1. The molecule has 4 rings (SSSR count). The van der Waals surface area contributed by atoms with Crippen LogP contribution < -0.4 is 4.18 Å². The van der Waals surface area contributed by atoms with Gasteiger partial charge in [0.05, 0.1) is 4.92 Å². The molecule has 9 nitrogen and oxygen atoms in total. The molecule has 166 valence electrons. The highest BCUT2D eigenvalue weighted by Crippen LogP contribution is 2.23. The number of hydrogen-bond acceptors (Lipinski definition) is 8. The van der Waals surface area contributed by atoms with Crippen LogP contribution in [0.2, 0.25) is 0 Å². The second-order valence-electron chi connectivity index (χ2n) is 7.06. The number of nitro benzene ring substituents is 1. The molecule has 0 aromatic heterocycles. The van der Waals surface area contributed by atoms with Crippen LogP contribution in [0.15, 0.2) is 88.4 Å². The van der Waals surface area contributed by atoms with Gasteiger partial charge in [-0.05, 0) is 55.0 Å². The fraction of sp³-hybridized carbons (Fsp3) is 0.0435. The number of rotatable bonds is 6. The molecule has 3 aromatic rings. The van der Waals surface area contributed by atoms with E-state index in [4.69, 9.17) is 8.92 Å². The first kappa shape index (κ1) is 21.9. The molecule has 3 aromatic carbocycles. The zero-order valence-electron chi connectivity index (χ0n) is 17.2. The molecule has 0 bridgehead atoms. The van der Waals surface area contributed by atoms with Crippen molar-refractivity contribution in [2.24, 2.45) is 4.99 Å². The van der Waals surface area contributed by atoms with Crippen molar-refractivity contribution in [2.75, 3.05) is 0 Å². The summed E-state index contributed by atoms with van der Waals surface area (Å²) in [5.74, 6) is -0.347. The standard InChI is InChI=1S/C23H16N2O7S/c1-15-2-6-17(7-3-15)22-24-21(23(26)31-22)14-16-4-10-19(11-5-16)32-33(29,30)20-12-8-18(9-13-20)25(27)28/h2-14H,1H3/b21-14+. The second-order valence-corrected chi connectivity index (χ2v) is 8.61. The second kappa shape index (κ2) is 8.67. The zero-order chi connectivity index (χ0) is 23.6. The number of carbonyl (C=O) groups is 1. The minimum Gasteiger partial charge on any atom is -0.402 e. The van der Waals surface area contributed by atoms with E-state index in [2.05, 4.69) is 4.99 Å². The molecular formula is C23H16N2O7S. The van der Waals surface area contributed by atoms with Gasteiger partial charge in [-0.15, -0.1) is 0 Å². The van der Waals surface area contributed by atoms with Gasteiger partial charge in [0.1, 0.15) is 10.6 Å². The van der Waals surface area contributed by atoms with E-state index in [-0.39, 0.29) is 27.9 Å². The summed E-state index contributed by atoms with van der Waals surface area (Å²) in [6.07, 6.45) is 1.51. The summed E-state index contributed by atoms with van der Waals surface area (Å²) in [5.41, 5.74) is 2.20. The van der Waals surface area contributed by atoms with Crippen molar-refractivity contribution < 1.29 is 27.1 Å². The Morgan fingerprint density at radius 1 is 0.970 bits per heavy atom. The molecule has 0 saturated carbocycles. The number of benzene rings is 3. The van der Waals surface area contributed by atoms with E-state index in [1.807, 2.05) is 31.2 Å². The number of nitrogens with zero attached hydrogens (tertiary/aromatic N) is 2. The number of carbonyl (C=O) groups excluding carboxylic acids is 1. The number of aliphatic imine (C=N–C) groups is 1. The summed E-state index contributed by atoms with van der Waals surface area (Å²) < 4.78 is 35.1. The summed E-state index contributed by atoms with van der Waals surface area (Å²) in [5, 5.41) is 10.7. The lowest BCUT2D eigenvalue weighted by atomic mass is 10.1. The number of cyclic esters (lactones) is 1. The third-order valence-electron chi connectivity index (χ3n) is 4.64. The van der Waals surface area contributed by atoms with Gasteiger partial charge in [0.2, 0.25) is 5.90 Å². The highest BCUT2D eigenvalue weighted by Gasteiger charge is 2.24. The number of ether oxygens (including phenoxy) is 1. The number of hydrogen-bond donors (Lipinski definition) is 0. The SMILES string of the molecule is Cc1ccc(C2=N/C(=C/c3ccc(OS(=O)(=O)c4ccc([N+](=O)[O-])cc4)cc3)C(=O)O2)cc1. The van der Waals surface area contributed by atoms with Crippen molar-refractivity contribution in [1.82, 2.24) is 0 Å². The Balaban J connectivity index is 1.50. The Labute approximate surface area is 188 Å². The lowest BCUT2D eigenvalue weighted by molar-refractivity contribution is -0.384. The monoisotopic (exact) mass is 464 g/mol. The van der Waals surface area contributed by atoms with E-state index < -0.39 is 21.0 Å². The summed E-state index contributed by atoms with van der Waals surface area (Å²) in [7, 11) is -4.17. The van der Waals surface area contributed by atoms with Gasteiger partial charge in [-0.1, -0.05) is 29.8 Å². The normalized spacial score (nSPS) is 14.6. The van der Waals surface area contributed by atoms with Crippen LogP contribution >= 0.6 is 0 Å². The van der Waals surface area contributed by atoms with E-state index in [1.165, 1.54) is 18.2 Å². The fourth-order valence-corrected chi connectivity index (χ4v) is 3.85. The van der Waals surface area contributed by atoms with Gasteiger partial charge in [-0.2, -0.15) is 8.42 Å². The van der Waals surface area contributed by atoms with Crippen LogP contribution in [0.5, 0.6) is 5.75 Å². The van der Waals surface area contributed by atoms with E-state index >= 15 is 0 Å². The topological polar surface area (TPSA) is 125 Å². The van der Waals surface area contributed by atoms with Crippen molar-refractivity contribution >= 4 is 33.7 Å². The zero-order valence-corrected chi connectivity index (χ0v) is 18.0. The Morgan fingerprint density at radius 3 is 2.21 bits per heavy atom. The first-order valence-electron chi connectivity index (χ1n) is 9.60. The molecule has 10 heteroatoms. The largest absolute Gasteiger partial charge is 0.402 e. The first-order valence-corrected chi connectivity index (χ1v) is 11.0. The van der Waals surface area contributed by atoms with Crippen LogP contribution in [0, 0.1) is 17.0 Å². The van der Waals surface area contributed by atoms with Gasteiger partial charge < -0.3 is 8.92 Å². The molecule has 0 saturated heterocycles. The molecule has 1 heterocycles. The molecule has 0 radical (unpaired) electrons. The molecule has 0 atom stereocenters. The molecule has 0 amide bonds. The third-order valence-corrected chi connectivity index (χ3v) is 5.91. The van der Waals surface area contributed by atoms with E-state index in [0.29, 0.717) is 11.1 Å². The molecule has 0 N–H and O–H groups in total. The van der Waals surface area contributed by atoms with Gasteiger partial charge in [-0.25, -0.2) is 9.79 Å². The average molecular weight is 464 g/mol. The molecule has 0 fully saturated rings. The molecule has 0 spiro atoms. The van der Waals surface area contributed by atoms with E-state index in [1.54, 1.807) is 12.1 Å². The highest BCUT2D eigenvalue weighted by atomic mass is 32.2. The van der Waals surface area contributed by atoms with Gasteiger partial charge in [-0.3, -0.25) is 10.1 Å². The molecule has 33 heavy (non-hydrogen) atoms. The highest BCUT2D eigenvalue weighted by molar-refractivity contribution is 7.87. The van der Waals surface area contributed by atoms with Crippen LogP contribution in [-0.2, 0) is 19.6 Å². The number of aryl methyl sites for hydroxylation is 1. The van der Waals surface area contributed by atoms with Gasteiger partial charge in [0, 0.05) is 17.7 Å². The van der Waals surface area contributed by atoms with Crippen molar-refractivity contribution in [2.45, 2.75) is 11.8 Å². The number of non-ortho nitro benzene ring substituents is 1. The summed E-state index contributed by atoms with van der Waals surface area (Å²) in [4.78, 5) is 26.3. The summed E-state index contributed by atoms with van der Waals surface area (Å²) in [6.45, 7) is 1.95. The van der Waals surface area contributed by atoms with Crippen molar-refractivity contribution in [3.8, 4) is 5.75 Å². The molecule has 1 aliphatic heterocycles. The molecule has 0 aliphatic carbocycles.